The Hall–Kier alpha value is -2.34. The van der Waals surface area contributed by atoms with Crippen molar-refractivity contribution in [2.24, 2.45) is 0 Å². The Kier molecular flexibility index (Phi) is 3.98. The van der Waals surface area contributed by atoms with Gasteiger partial charge in [0, 0.05) is 42.0 Å². The summed E-state index contributed by atoms with van der Waals surface area (Å²) in [5, 5.41) is 12.1. The molecule has 1 fully saturated rings. The van der Waals surface area contributed by atoms with Crippen molar-refractivity contribution >= 4 is 34.0 Å². The number of aromatic nitrogens is 4. The zero-order valence-corrected chi connectivity index (χ0v) is 14.2. The van der Waals surface area contributed by atoms with Crippen LogP contribution in [-0.4, -0.2) is 39.3 Å². The number of piperidine rings is 1. The second-order valence-electron chi connectivity index (χ2n) is 6.24. The Labute approximate surface area is 145 Å². The van der Waals surface area contributed by atoms with Crippen molar-refractivity contribution in [1.82, 2.24) is 20.2 Å². The maximum absolute atomic E-state index is 6.01. The average Bonchev–Trinajstić information content (AvgIpc) is 3.02. The van der Waals surface area contributed by atoms with Crippen LogP contribution >= 0.6 is 11.6 Å². The van der Waals surface area contributed by atoms with Gasteiger partial charge in [0.15, 0.2) is 0 Å². The van der Waals surface area contributed by atoms with E-state index < -0.39 is 0 Å². The third-order valence-corrected chi connectivity index (χ3v) is 4.54. The monoisotopic (exact) mass is 342 g/mol. The number of aryl methyl sites for hydroxylation is 1. The molecule has 24 heavy (non-hydrogen) atoms. The van der Waals surface area contributed by atoms with Crippen molar-refractivity contribution in [1.29, 1.82) is 0 Å². The molecule has 0 radical (unpaired) electrons. The molecule has 6 nitrogen and oxygen atoms in total. The van der Waals surface area contributed by atoms with Crippen molar-refractivity contribution in [3.05, 3.63) is 41.4 Å². The van der Waals surface area contributed by atoms with Crippen LogP contribution < -0.4 is 10.2 Å². The summed E-state index contributed by atoms with van der Waals surface area (Å²) in [5.41, 5.74) is 3.06. The minimum Gasteiger partial charge on any atom is -0.381 e. The number of H-pyrrole nitrogens is 1. The second kappa shape index (κ2) is 6.28. The number of hydrogen-bond donors (Lipinski definition) is 2. The molecule has 1 aromatic carbocycles. The summed E-state index contributed by atoms with van der Waals surface area (Å²) in [7, 11) is 0. The number of nitrogens with zero attached hydrogens (tertiary/aromatic N) is 4. The first-order chi connectivity index (χ1) is 11.7. The van der Waals surface area contributed by atoms with Gasteiger partial charge in [-0.25, -0.2) is 9.97 Å². The normalized spacial score (nSPS) is 18.1. The molecule has 0 bridgehead atoms. The number of benzene rings is 1. The summed E-state index contributed by atoms with van der Waals surface area (Å²) in [6.45, 7) is 3.83. The lowest BCUT2D eigenvalue weighted by atomic mass is 10.0. The summed E-state index contributed by atoms with van der Waals surface area (Å²) in [6, 6.07) is 8.64. The van der Waals surface area contributed by atoms with Gasteiger partial charge in [0.05, 0.1) is 11.7 Å². The van der Waals surface area contributed by atoms with Crippen LogP contribution in [0.2, 0.25) is 5.28 Å². The lowest BCUT2D eigenvalue weighted by Gasteiger charge is -2.34. The molecule has 124 valence electrons. The van der Waals surface area contributed by atoms with E-state index in [-0.39, 0.29) is 0 Å². The predicted octanol–water partition coefficient (Wildman–Crippen LogP) is 3.40. The van der Waals surface area contributed by atoms with Gasteiger partial charge in [0.2, 0.25) is 5.28 Å². The van der Waals surface area contributed by atoms with Crippen molar-refractivity contribution in [2.75, 3.05) is 23.3 Å². The Morgan fingerprint density at radius 2 is 2.21 bits per heavy atom. The summed E-state index contributed by atoms with van der Waals surface area (Å²) in [4.78, 5) is 10.8. The van der Waals surface area contributed by atoms with E-state index in [4.69, 9.17) is 11.6 Å². The first-order valence-corrected chi connectivity index (χ1v) is 8.51. The van der Waals surface area contributed by atoms with E-state index in [9.17, 15) is 0 Å². The first-order valence-electron chi connectivity index (χ1n) is 8.13. The zero-order chi connectivity index (χ0) is 16.5. The molecule has 1 unspecified atom stereocenters. The van der Waals surface area contributed by atoms with Gasteiger partial charge in [-0.1, -0.05) is 0 Å². The van der Waals surface area contributed by atoms with Gasteiger partial charge in [-0.15, -0.1) is 0 Å². The van der Waals surface area contributed by atoms with Gasteiger partial charge in [-0.05, 0) is 49.6 Å². The fraction of sp³-hybridized carbons (Fsp3) is 0.353. The Morgan fingerprint density at radius 1 is 1.29 bits per heavy atom. The molecule has 0 spiro atoms. The van der Waals surface area contributed by atoms with Crippen molar-refractivity contribution < 1.29 is 0 Å². The van der Waals surface area contributed by atoms with Gasteiger partial charge in [-0.3, -0.25) is 5.10 Å². The molecule has 0 amide bonds. The highest BCUT2D eigenvalue weighted by atomic mass is 35.5. The van der Waals surface area contributed by atoms with Crippen molar-refractivity contribution in [3.8, 4) is 0 Å². The molecule has 0 aliphatic carbocycles. The first kappa shape index (κ1) is 15.2. The summed E-state index contributed by atoms with van der Waals surface area (Å²) in [5.74, 6) is 0.907. The number of nitrogens with one attached hydrogen (secondary N) is 2. The second-order valence-corrected chi connectivity index (χ2v) is 6.58. The predicted molar refractivity (Wildman–Crippen MR) is 96.7 cm³/mol. The summed E-state index contributed by atoms with van der Waals surface area (Å²) < 4.78 is 0. The number of halogens is 1. The van der Waals surface area contributed by atoms with Crippen molar-refractivity contribution in [3.63, 3.8) is 0 Å². The molecular formula is C17H19ClN6. The molecular weight excluding hydrogens is 324 g/mol. The van der Waals surface area contributed by atoms with Crippen LogP contribution in [0.4, 0.5) is 11.5 Å². The van der Waals surface area contributed by atoms with Crippen LogP contribution in [0.15, 0.2) is 30.5 Å². The van der Waals surface area contributed by atoms with E-state index in [0.29, 0.717) is 11.3 Å². The fourth-order valence-corrected chi connectivity index (χ4v) is 3.47. The highest BCUT2D eigenvalue weighted by Crippen LogP contribution is 2.23. The number of anilines is 2. The van der Waals surface area contributed by atoms with Crippen molar-refractivity contribution in [2.45, 2.75) is 25.8 Å². The molecule has 3 heterocycles. The quantitative estimate of drug-likeness (QED) is 0.714. The maximum atomic E-state index is 6.01. The minimum atomic E-state index is 0.311. The van der Waals surface area contributed by atoms with Gasteiger partial charge in [-0.2, -0.15) is 5.10 Å². The maximum Gasteiger partial charge on any atom is 0.224 e. The molecule has 1 aliphatic heterocycles. The van der Waals surface area contributed by atoms with E-state index in [2.05, 4.69) is 48.6 Å². The van der Waals surface area contributed by atoms with E-state index in [1.165, 1.54) is 0 Å². The third-order valence-electron chi connectivity index (χ3n) is 4.37. The number of hydrogen-bond acceptors (Lipinski definition) is 5. The van der Waals surface area contributed by atoms with Crippen LogP contribution in [0, 0.1) is 6.92 Å². The van der Waals surface area contributed by atoms with E-state index in [1.54, 1.807) is 0 Å². The van der Waals surface area contributed by atoms with Gasteiger partial charge < -0.3 is 10.2 Å². The Morgan fingerprint density at radius 3 is 3.08 bits per heavy atom. The molecule has 1 aliphatic rings. The lowest BCUT2D eigenvalue weighted by Crippen LogP contribution is -2.42. The van der Waals surface area contributed by atoms with Crippen LogP contribution in [0.3, 0.4) is 0 Å². The van der Waals surface area contributed by atoms with Gasteiger partial charge in [0.25, 0.3) is 0 Å². The van der Waals surface area contributed by atoms with Gasteiger partial charge in [0.1, 0.15) is 5.82 Å². The number of rotatable bonds is 3. The summed E-state index contributed by atoms with van der Waals surface area (Å²) >= 11 is 6.01. The van der Waals surface area contributed by atoms with E-state index >= 15 is 0 Å². The highest BCUT2D eigenvalue weighted by Gasteiger charge is 2.21. The van der Waals surface area contributed by atoms with E-state index in [1.807, 2.05) is 19.2 Å². The molecule has 2 aromatic heterocycles. The standard InChI is InChI=1S/C17H19ClN6/c1-11-7-16(22-17(18)20-11)24-6-2-3-14(10-24)21-13-4-5-15-12(8-13)9-19-23-15/h4-5,7-9,14,21H,2-3,6,10H2,1H3,(H,19,23). The number of fused-ring (bicyclic) bond motifs is 1. The number of aromatic amines is 1. The topological polar surface area (TPSA) is 69.7 Å². The molecule has 0 saturated carbocycles. The average molecular weight is 343 g/mol. The van der Waals surface area contributed by atoms with Crippen LogP contribution in [0.25, 0.3) is 10.9 Å². The largest absolute Gasteiger partial charge is 0.381 e. The molecule has 7 heteroatoms. The Balaban J connectivity index is 1.49. The molecule has 1 atom stereocenters. The highest BCUT2D eigenvalue weighted by molar-refractivity contribution is 6.28. The van der Waals surface area contributed by atoms with Crippen LogP contribution in [0.1, 0.15) is 18.5 Å². The minimum absolute atomic E-state index is 0.311. The Bertz CT molecular complexity index is 841. The molecule has 4 rings (SSSR count). The fourth-order valence-electron chi connectivity index (χ4n) is 3.25. The van der Waals surface area contributed by atoms with Gasteiger partial charge >= 0.3 is 0 Å². The SMILES string of the molecule is Cc1cc(N2CCCC(Nc3ccc4[nH]ncc4c3)C2)nc(Cl)n1. The smallest absolute Gasteiger partial charge is 0.224 e. The lowest BCUT2D eigenvalue weighted by molar-refractivity contribution is 0.526. The zero-order valence-electron chi connectivity index (χ0n) is 13.5. The summed E-state index contributed by atoms with van der Waals surface area (Å²) in [6.07, 6.45) is 4.10. The third kappa shape index (κ3) is 3.14. The molecule has 1 saturated heterocycles. The molecule has 2 N–H and O–H groups in total. The van der Waals surface area contributed by atoms with Crippen LogP contribution in [-0.2, 0) is 0 Å². The molecule has 3 aromatic rings. The van der Waals surface area contributed by atoms with E-state index in [0.717, 1.165) is 54.0 Å². The van der Waals surface area contributed by atoms with Crippen LogP contribution in [0.5, 0.6) is 0 Å².